The summed E-state index contributed by atoms with van der Waals surface area (Å²) in [5.74, 6) is -0.908. The maximum Gasteiger partial charge on any atom is 0.282 e. The van der Waals surface area contributed by atoms with Crippen LogP contribution in [0.2, 0.25) is 0 Å². The minimum Gasteiger partial charge on any atom is -0.508 e. The number of aromatic hydroxyl groups is 1. The predicted octanol–water partition coefficient (Wildman–Crippen LogP) is 1.69. The van der Waals surface area contributed by atoms with Crippen LogP contribution in [0.4, 0.5) is 11.4 Å². The Labute approximate surface area is 156 Å². The Bertz CT molecular complexity index is 902. The van der Waals surface area contributed by atoms with Gasteiger partial charge in [-0.05, 0) is 35.9 Å². The van der Waals surface area contributed by atoms with Gasteiger partial charge in [0, 0.05) is 24.8 Å². The fourth-order valence-electron chi connectivity index (χ4n) is 3.14. The highest BCUT2D eigenvalue weighted by atomic mass is 16.5. The summed E-state index contributed by atoms with van der Waals surface area (Å²) in [6.07, 6.45) is 1.57. The van der Waals surface area contributed by atoms with Crippen molar-refractivity contribution >= 4 is 29.3 Å². The van der Waals surface area contributed by atoms with Crippen LogP contribution in [0.15, 0.2) is 54.1 Å². The largest absolute Gasteiger partial charge is 0.508 e. The van der Waals surface area contributed by atoms with Crippen molar-refractivity contribution in [1.29, 1.82) is 0 Å². The Balaban J connectivity index is 1.54. The predicted molar refractivity (Wildman–Crippen MR) is 101 cm³/mol. The van der Waals surface area contributed by atoms with Gasteiger partial charge >= 0.3 is 0 Å². The molecule has 0 aliphatic carbocycles. The first-order chi connectivity index (χ1) is 13.1. The molecule has 0 bridgehead atoms. The number of phenols is 1. The third-order valence-corrected chi connectivity index (χ3v) is 4.56. The first kappa shape index (κ1) is 17.1. The number of hydrazine groups is 1. The summed E-state index contributed by atoms with van der Waals surface area (Å²) in [7, 11) is 0. The number of nitrogens with one attached hydrogen (secondary N) is 1. The summed E-state index contributed by atoms with van der Waals surface area (Å²) in [6, 6.07) is 13.9. The first-order valence-electron chi connectivity index (χ1n) is 8.71. The Morgan fingerprint density at radius 3 is 2.44 bits per heavy atom. The second-order valence-electron chi connectivity index (χ2n) is 6.35. The van der Waals surface area contributed by atoms with Gasteiger partial charge < -0.3 is 14.7 Å². The number of morpholine rings is 1. The molecule has 0 atom stereocenters. The zero-order valence-electron chi connectivity index (χ0n) is 14.6. The van der Waals surface area contributed by atoms with Crippen LogP contribution in [0.25, 0.3) is 6.08 Å². The van der Waals surface area contributed by atoms with Crippen LogP contribution < -0.4 is 15.3 Å². The van der Waals surface area contributed by atoms with Crippen LogP contribution in [-0.2, 0) is 14.3 Å². The van der Waals surface area contributed by atoms with Gasteiger partial charge in [-0.25, -0.2) is 5.01 Å². The van der Waals surface area contributed by atoms with Crippen molar-refractivity contribution in [3.8, 4) is 5.75 Å². The molecular formula is C20H19N3O4. The quantitative estimate of drug-likeness (QED) is 0.639. The second kappa shape index (κ2) is 7.13. The smallest absolute Gasteiger partial charge is 0.282 e. The minimum absolute atomic E-state index is 0.0191. The number of hydrogen-bond donors (Lipinski definition) is 2. The van der Waals surface area contributed by atoms with E-state index in [2.05, 4.69) is 10.3 Å². The van der Waals surface area contributed by atoms with E-state index in [-0.39, 0.29) is 11.3 Å². The molecule has 0 aromatic heterocycles. The van der Waals surface area contributed by atoms with Gasteiger partial charge in [0.25, 0.3) is 11.8 Å². The average Bonchev–Trinajstić information content (AvgIpc) is 2.97. The number of nitrogens with zero attached hydrogens (tertiary/aromatic N) is 2. The van der Waals surface area contributed by atoms with E-state index in [1.165, 1.54) is 12.1 Å². The number of benzene rings is 2. The fourth-order valence-corrected chi connectivity index (χ4v) is 3.14. The summed E-state index contributed by atoms with van der Waals surface area (Å²) in [5, 5.41) is 10.7. The molecule has 2 saturated heterocycles. The number of carbonyl (C=O) groups excluding carboxylic acids is 2. The van der Waals surface area contributed by atoms with E-state index in [1.54, 1.807) is 18.2 Å². The van der Waals surface area contributed by atoms with Crippen molar-refractivity contribution < 1.29 is 19.4 Å². The standard InChI is InChI=1S/C20H19N3O4/c24-17-3-1-2-16(13-17)23-20(26)18(19(25)21-23)12-14-4-6-15(7-5-14)22-8-10-27-11-9-22/h1-7,12-13,24H,8-11H2,(H,21,25). The number of hydrogen-bond acceptors (Lipinski definition) is 5. The molecule has 2 aromatic rings. The van der Waals surface area contributed by atoms with Crippen molar-refractivity contribution in [2.45, 2.75) is 0 Å². The lowest BCUT2D eigenvalue weighted by Gasteiger charge is -2.28. The van der Waals surface area contributed by atoms with E-state index in [0.29, 0.717) is 18.9 Å². The molecule has 2 fully saturated rings. The average molecular weight is 365 g/mol. The number of carbonyl (C=O) groups is 2. The molecular weight excluding hydrogens is 346 g/mol. The van der Waals surface area contributed by atoms with Gasteiger partial charge in [-0.3, -0.25) is 15.0 Å². The Morgan fingerprint density at radius 1 is 1.00 bits per heavy atom. The topological polar surface area (TPSA) is 82.1 Å². The summed E-state index contributed by atoms with van der Waals surface area (Å²) in [6.45, 7) is 3.12. The van der Waals surface area contributed by atoms with Crippen molar-refractivity contribution in [2.75, 3.05) is 36.2 Å². The van der Waals surface area contributed by atoms with E-state index in [0.717, 1.165) is 29.3 Å². The molecule has 4 rings (SSSR count). The zero-order chi connectivity index (χ0) is 18.8. The molecule has 2 aliphatic heterocycles. The number of ether oxygens (including phenoxy) is 1. The van der Waals surface area contributed by atoms with Crippen LogP contribution in [0.1, 0.15) is 5.56 Å². The fraction of sp³-hybridized carbons (Fsp3) is 0.200. The second-order valence-corrected chi connectivity index (χ2v) is 6.35. The van der Waals surface area contributed by atoms with Gasteiger partial charge in [-0.2, -0.15) is 0 Å². The van der Waals surface area contributed by atoms with E-state index < -0.39 is 11.8 Å². The van der Waals surface area contributed by atoms with Gasteiger partial charge in [0.05, 0.1) is 18.9 Å². The van der Waals surface area contributed by atoms with Crippen molar-refractivity contribution in [3.05, 3.63) is 59.7 Å². The van der Waals surface area contributed by atoms with Crippen LogP contribution in [0, 0.1) is 0 Å². The summed E-state index contributed by atoms with van der Waals surface area (Å²) >= 11 is 0. The third kappa shape index (κ3) is 3.50. The van der Waals surface area contributed by atoms with Gasteiger partial charge in [-0.15, -0.1) is 0 Å². The lowest BCUT2D eigenvalue weighted by molar-refractivity contribution is -0.117. The monoisotopic (exact) mass is 365 g/mol. The lowest BCUT2D eigenvalue weighted by Crippen LogP contribution is -2.36. The Kier molecular flexibility index (Phi) is 4.52. The highest BCUT2D eigenvalue weighted by Gasteiger charge is 2.34. The van der Waals surface area contributed by atoms with E-state index in [4.69, 9.17) is 4.74 Å². The van der Waals surface area contributed by atoms with Gasteiger partial charge in [0.15, 0.2) is 0 Å². The minimum atomic E-state index is -0.472. The molecule has 7 nitrogen and oxygen atoms in total. The Morgan fingerprint density at radius 2 is 1.74 bits per heavy atom. The SMILES string of the molecule is O=C1NN(c2cccc(O)c2)C(=O)C1=Cc1ccc(N2CCOCC2)cc1. The first-order valence-corrected chi connectivity index (χ1v) is 8.71. The molecule has 2 aliphatic rings. The zero-order valence-corrected chi connectivity index (χ0v) is 14.6. The molecule has 27 heavy (non-hydrogen) atoms. The summed E-state index contributed by atoms with van der Waals surface area (Å²) in [5.41, 5.74) is 4.83. The van der Waals surface area contributed by atoms with Crippen LogP contribution in [0.5, 0.6) is 5.75 Å². The molecule has 138 valence electrons. The van der Waals surface area contributed by atoms with Gasteiger partial charge in [-0.1, -0.05) is 18.2 Å². The molecule has 2 amide bonds. The van der Waals surface area contributed by atoms with E-state index >= 15 is 0 Å². The molecule has 2 aromatic carbocycles. The molecule has 2 N–H and O–H groups in total. The van der Waals surface area contributed by atoms with Gasteiger partial charge in [0.2, 0.25) is 0 Å². The third-order valence-electron chi connectivity index (χ3n) is 4.56. The van der Waals surface area contributed by atoms with Crippen molar-refractivity contribution in [3.63, 3.8) is 0 Å². The normalized spacial score (nSPS) is 18.9. The van der Waals surface area contributed by atoms with Crippen molar-refractivity contribution in [1.82, 2.24) is 5.43 Å². The number of phenolic OH excluding ortho intramolecular Hbond substituents is 1. The number of amides is 2. The van der Waals surface area contributed by atoms with Crippen LogP contribution >= 0.6 is 0 Å². The van der Waals surface area contributed by atoms with Crippen molar-refractivity contribution in [2.24, 2.45) is 0 Å². The van der Waals surface area contributed by atoms with Crippen LogP contribution in [-0.4, -0.2) is 43.2 Å². The highest BCUT2D eigenvalue weighted by molar-refractivity contribution is 6.31. The van der Waals surface area contributed by atoms with Gasteiger partial charge in [0.1, 0.15) is 11.3 Å². The molecule has 0 saturated carbocycles. The Hall–Kier alpha value is -3.32. The molecule has 7 heteroatoms. The summed E-state index contributed by atoms with van der Waals surface area (Å²) in [4.78, 5) is 27.1. The number of rotatable bonds is 3. The van der Waals surface area contributed by atoms with E-state index in [9.17, 15) is 14.7 Å². The highest BCUT2D eigenvalue weighted by Crippen LogP contribution is 2.25. The maximum atomic E-state index is 12.6. The molecule has 2 heterocycles. The number of anilines is 2. The summed E-state index contributed by atoms with van der Waals surface area (Å²) < 4.78 is 5.36. The maximum absolute atomic E-state index is 12.6. The lowest BCUT2D eigenvalue weighted by atomic mass is 10.1. The van der Waals surface area contributed by atoms with Crippen LogP contribution in [0.3, 0.4) is 0 Å². The molecule has 0 radical (unpaired) electrons. The van der Waals surface area contributed by atoms with E-state index in [1.807, 2.05) is 24.3 Å². The molecule has 0 unspecified atom stereocenters. The molecule has 0 spiro atoms.